The Bertz CT molecular complexity index is 312. The van der Waals surface area contributed by atoms with E-state index in [1.54, 1.807) is 6.20 Å². The van der Waals surface area contributed by atoms with E-state index in [1.807, 2.05) is 0 Å². The highest BCUT2D eigenvalue weighted by molar-refractivity contribution is 4.78. The summed E-state index contributed by atoms with van der Waals surface area (Å²) in [6, 6.07) is 0. The van der Waals surface area contributed by atoms with Gasteiger partial charge in [-0.1, -0.05) is 5.16 Å². The minimum atomic E-state index is 0.254. The van der Waals surface area contributed by atoms with Crippen molar-refractivity contribution in [2.45, 2.75) is 0 Å². The molecule has 0 saturated heterocycles. The number of rotatable bonds is 0. The van der Waals surface area contributed by atoms with Gasteiger partial charge in [-0.2, -0.15) is 0 Å². The number of nitrogens with zero attached hydrogens (tertiary/aromatic N) is 4. The van der Waals surface area contributed by atoms with Gasteiger partial charge >= 0.3 is 0 Å². The first kappa shape index (κ1) is 5.28. The van der Waals surface area contributed by atoms with Crippen molar-refractivity contribution < 1.29 is 4.84 Å². The predicted octanol–water partition coefficient (Wildman–Crippen LogP) is -1.38. The number of hydrogen-bond donors (Lipinski definition) is 0. The van der Waals surface area contributed by atoms with Crippen molar-refractivity contribution in [1.29, 1.82) is 0 Å². The summed E-state index contributed by atoms with van der Waals surface area (Å²) in [5.41, 5.74) is 0.598. The van der Waals surface area contributed by atoms with E-state index in [-0.39, 0.29) is 6.73 Å². The molecule has 2 rings (SSSR count). The van der Waals surface area contributed by atoms with Crippen LogP contribution in [0.15, 0.2) is 22.7 Å². The van der Waals surface area contributed by atoms with Crippen LogP contribution in [0, 0.1) is 0 Å². The third-order valence-electron chi connectivity index (χ3n) is 1.11. The Morgan fingerprint density at radius 1 is 1.50 bits per heavy atom. The van der Waals surface area contributed by atoms with Crippen molar-refractivity contribution >= 4 is 0 Å². The topological polar surface area (TPSA) is 59.7 Å². The summed E-state index contributed by atoms with van der Waals surface area (Å²) in [7, 11) is 0. The summed E-state index contributed by atoms with van der Waals surface area (Å²) in [5.74, 6) is 0. The maximum atomic E-state index is 4.67. The molecule has 0 N–H and O–H groups in total. The van der Waals surface area contributed by atoms with Crippen LogP contribution in [0.5, 0.6) is 0 Å². The Hall–Kier alpha value is -1.52. The van der Waals surface area contributed by atoms with Crippen molar-refractivity contribution in [3.05, 3.63) is 23.4 Å². The van der Waals surface area contributed by atoms with Crippen molar-refractivity contribution in [2.75, 3.05) is 6.73 Å². The second-order valence-corrected chi connectivity index (χ2v) is 1.74. The molecule has 0 aromatic carbocycles. The summed E-state index contributed by atoms with van der Waals surface area (Å²) in [6.07, 6.45) is 2.99. The van der Waals surface area contributed by atoms with Crippen LogP contribution in [-0.4, -0.2) is 16.7 Å². The van der Waals surface area contributed by atoms with Crippen molar-refractivity contribution in [2.24, 2.45) is 10.1 Å². The van der Waals surface area contributed by atoms with Gasteiger partial charge in [0.15, 0.2) is 10.8 Å². The molecule has 1 aliphatic heterocycles. The Balaban J connectivity index is 2.84. The Kier molecular flexibility index (Phi) is 1.06. The first-order valence-electron chi connectivity index (χ1n) is 2.77. The molecule has 0 amide bonds. The summed E-state index contributed by atoms with van der Waals surface area (Å²) in [5, 5.41) is 4.27. The lowest BCUT2D eigenvalue weighted by Crippen LogP contribution is -2.32. The predicted molar refractivity (Wildman–Crippen MR) is 30.3 cm³/mol. The van der Waals surface area contributed by atoms with E-state index in [0.717, 1.165) is 0 Å². The van der Waals surface area contributed by atoms with E-state index in [4.69, 9.17) is 0 Å². The lowest BCUT2D eigenvalue weighted by Gasteiger charge is -1.96. The van der Waals surface area contributed by atoms with Crippen LogP contribution in [-0.2, 0) is 4.84 Å². The molecule has 0 aliphatic carbocycles. The van der Waals surface area contributed by atoms with Crippen LogP contribution >= 0.6 is 0 Å². The molecule has 0 bridgehead atoms. The zero-order valence-electron chi connectivity index (χ0n) is 5.06. The van der Waals surface area contributed by atoms with Crippen LogP contribution in [0.3, 0.4) is 0 Å². The molecule has 0 fully saturated rings. The highest BCUT2D eigenvalue weighted by atomic mass is 16.6. The molecule has 1 aromatic heterocycles. The quantitative estimate of drug-likeness (QED) is 0.441. The Morgan fingerprint density at radius 3 is 3.40 bits per heavy atom. The van der Waals surface area contributed by atoms with Crippen molar-refractivity contribution in [3.8, 4) is 0 Å². The average Bonchev–Trinajstić information content (AvgIpc) is 2.05. The molecule has 0 atom stereocenters. The Labute approximate surface area is 56.1 Å². The molecule has 2 heterocycles. The lowest BCUT2D eigenvalue weighted by atomic mass is 10.6. The van der Waals surface area contributed by atoms with E-state index in [1.165, 1.54) is 6.33 Å². The molecule has 5 heteroatoms. The van der Waals surface area contributed by atoms with Crippen LogP contribution < -0.4 is 10.8 Å². The minimum absolute atomic E-state index is 0.254. The fourth-order valence-corrected chi connectivity index (χ4v) is 0.690. The zero-order valence-corrected chi connectivity index (χ0v) is 5.06. The van der Waals surface area contributed by atoms with E-state index < -0.39 is 0 Å². The maximum absolute atomic E-state index is 4.67. The SMILES string of the molecule is c1ncc2c(n1)=NCON=2. The molecule has 1 aromatic rings. The number of fused-ring (bicyclic) bond motifs is 1. The molecule has 50 valence electrons. The fourth-order valence-electron chi connectivity index (χ4n) is 0.690. The van der Waals surface area contributed by atoms with Gasteiger partial charge < -0.3 is 4.84 Å². The van der Waals surface area contributed by atoms with Gasteiger partial charge in [-0.25, -0.2) is 15.0 Å². The molecule has 0 unspecified atom stereocenters. The van der Waals surface area contributed by atoms with Gasteiger partial charge in [0.2, 0.25) is 6.73 Å². The van der Waals surface area contributed by atoms with Crippen LogP contribution in [0.1, 0.15) is 0 Å². The van der Waals surface area contributed by atoms with Crippen LogP contribution in [0.25, 0.3) is 0 Å². The summed E-state index contributed by atoms with van der Waals surface area (Å²) < 4.78 is 0. The molecule has 0 spiro atoms. The minimum Gasteiger partial charge on any atom is -0.371 e. The molecule has 1 aliphatic rings. The Morgan fingerprint density at radius 2 is 2.50 bits per heavy atom. The second-order valence-electron chi connectivity index (χ2n) is 1.74. The van der Waals surface area contributed by atoms with Crippen molar-refractivity contribution in [1.82, 2.24) is 9.97 Å². The largest absolute Gasteiger partial charge is 0.371 e. The van der Waals surface area contributed by atoms with Gasteiger partial charge in [0, 0.05) is 0 Å². The highest BCUT2D eigenvalue weighted by Gasteiger charge is 1.93. The van der Waals surface area contributed by atoms with Gasteiger partial charge in [-0.05, 0) is 0 Å². The van der Waals surface area contributed by atoms with Gasteiger partial charge in [-0.15, -0.1) is 0 Å². The summed E-state index contributed by atoms with van der Waals surface area (Å²) >= 11 is 0. The smallest absolute Gasteiger partial charge is 0.209 e. The summed E-state index contributed by atoms with van der Waals surface area (Å²) in [4.78, 5) is 16.2. The standard InChI is InChI=1S/C5H4N4O/c1-4-5(7-2-6-1)8-3-10-9-4/h1-2H,3H2. The van der Waals surface area contributed by atoms with Gasteiger partial charge in [0.1, 0.15) is 6.33 Å². The molecule has 10 heavy (non-hydrogen) atoms. The third kappa shape index (κ3) is 0.717. The van der Waals surface area contributed by atoms with E-state index in [0.29, 0.717) is 10.8 Å². The highest BCUT2D eigenvalue weighted by Crippen LogP contribution is 1.75. The number of hydrogen-bond acceptors (Lipinski definition) is 5. The van der Waals surface area contributed by atoms with E-state index in [2.05, 4.69) is 25.0 Å². The monoisotopic (exact) mass is 136 g/mol. The third-order valence-corrected chi connectivity index (χ3v) is 1.11. The van der Waals surface area contributed by atoms with Crippen LogP contribution in [0.2, 0.25) is 0 Å². The lowest BCUT2D eigenvalue weighted by molar-refractivity contribution is 0.130. The molecule has 0 saturated carbocycles. The normalized spacial score (nSPS) is 14.0. The molecule has 0 radical (unpaired) electrons. The summed E-state index contributed by atoms with van der Waals surface area (Å²) in [6.45, 7) is 0.254. The van der Waals surface area contributed by atoms with Gasteiger partial charge in [0.25, 0.3) is 0 Å². The second kappa shape index (κ2) is 2.02. The fraction of sp³-hybridized carbons (Fsp3) is 0.200. The average molecular weight is 136 g/mol. The molecular formula is C5H4N4O. The zero-order chi connectivity index (χ0) is 6.81. The van der Waals surface area contributed by atoms with Gasteiger partial charge in [0.05, 0.1) is 6.20 Å². The first-order valence-corrected chi connectivity index (χ1v) is 2.77. The molecule has 5 nitrogen and oxygen atoms in total. The molecular weight excluding hydrogens is 132 g/mol. The van der Waals surface area contributed by atoms with Crippen LogP contribution in [0.4, 0.5) is 0 Å². The van der Waals surface area contributed by atoms with Gasteiger partial charge in [-0.3, -0.25) is 0 Å². The van der Waals surface area contributed by atoms with E-state index in [9.17, 15) is 0 Å². The first-order chi connectivity index (χ1) is 4.97. The van der Waals surface area contributed by atoms with Crippen molar-refractivity contribution in [3.63, 3.8) is 0 Å². The maximum Gasteiger partial charge on any atom is 0.209 e. The number of aromatic nitrogens is 2. The van der Waals surface area contributed by atoms with E-state index >= 15 is 0 Å².